The number of carbonyl (C=O) groups excluding carboxylic acids is 1. The summed E-state index contributed by atoms with van der Waals surface area (Å²) < 4.78 is 11.9. The summed E-state index contributed by atoms with van der Waals surface area (Å²) in [6.07, 6.45) is 1.92. The summed E-state index contributed by atoms with van der Waals surface area (Å²) in [4.78, 5) is 12.9. The summed E-state index contributed by atoms with van der Waals surface area (Å²) in [6, 6.07) is 10.8. The molecule has 0 saturated heterocycles. The first-order valence-electron chi connectivity index (χ1n) is 9.93. The average molecular weight is 455 g/mol. The Bertz CT molecular complexity index is 802. The van der Waals surface area contributed by atoms with Crippen LogP contribution in [0.2, 0.25) is 10.0 Å². The molecule has 0 aliphatic carbocycles. The van der Waals surface area contributed by atoms with E-state index >= 15 is 0 Å². The molecule has 2 aromatic carbocycles. The predicted molar refractivity (Wildman–Crippen MR) is 125 cm³/mol. The molecule has 0 spiro atoms. The summed E-state index contributed by atoms with van der Waals surface area (Å²) >= 11 is 12.4. The van der Waals surface area contributed by atoms with Crippen LogP contribution in [0.4, 0.5) is 0 Å². The lowest BCUT2D eigenvalue weighted by atomic mass is 10.1. The highest BCUT2D eigenvalue weighted by atomic mass is 35.5. The third-order valence-electron chi connectivity index (χ3n) is 4.31. The monoisotopic (exact) mass is 454 g/mol. The highest BCUT2D eigenvalue weighted by Crippen LogP contribution is 2.33. The Hall–Kier alpha value is -1.28. The van der Waals surface area contributed by atoms with E-state index in [1.54, 1.807) is 18.2 Å². The lowest BCUT2D eigenvalue weighted by Crippen LogP contribution is -2.11. The summed E-state index contributed by atoms with van der Waals surface area (Å²) in [5, 5.41) is 1.56. The maximum atomic E-state index is 12.9. The molecule has 0 amide bonds. The van der Waals surface area contributed by atoms with E-state index in [0.717, 1.165) is 23.9 Å². The minimum atomic E-state index is -0.141. The molecule has 29 heavy (non-hydrogen) atoms. The predicted octanol–water partition coefficient (Wildman–Crippen LogP) is 6.99. The van der Waals surface area contributed by atoms with E-state index in [9.17, 15) is 4.79 Å². The molecule has 0 bridgehead atoms. The van der Waals surface area contributed by atoms with Crippen molar-refractivity contribution in [3.05, 3.63) is 52.0 Å². The molecule has 1 unspecified atom stereocenters. The zero-order valence-electron chi connectivity index (χ0n) is 17.4. The molecule has 6 heteroatoms. The summed E-state index contributed by atoms with van der Waals surface area (Å²) in [7, 11) is -0.141. The smallest absolute Gasteiger partial charge is 0.188 e. The van der Waals surface area contributed by atoms with E-state index in [1.165, 1.54) is 0 Å². The summed E-state index contributed by atoms with van der Waals surface area (Å²) in [5.41, 5.74) is 0.252. The van der Waals surface area contributed by atoms with Crippen molar-refractivity contribution < 1.29 is 14.3 Å². The molecule has 0 radical (unpaired) electrons. The Balaban J connectivity index is 2.20. The second kappa shape index (κ2) is 11.8. The van der Waals surface area contributed by atoms with Crippen molar-refractivity contribution >= 4 is 42.6 Å². The molecule has 0 saturated carbocycles. The van der Waals surface area contributed by atoms with Gasteiger partial charge in [-0.15, -0.1) is 0 Å². The molecular weight excluding hydrogens is 426 g/mol. The van der Waals surface area contributed by atoms with Gasteiger partial charge in [-0.3, -0.25) is 4.79 Å². The van der Waals surface area contributed by atoms with Crippen LogP contribution in [0.25, 0.3) is 0 Å². The molecule has 0 N–H and O–H groups in total. The van der Waals surface area contributed by atoms with Crippen molar-refractivity contribution in [1.29, 1.82) is 0 Å². The molecule has 3 nitrogen and oxygen atoms in total. The molecule has 2 rings (SSSR count). The number of carbonyl (C=O) groups is 1. The van der Waals surface area contributed by atoms with E-state index < -0.39 is 0 Å². The van der Waals surface area contributed by atoms with Crippen LogP contribution in [0.1, 0.15) is 50.9 Å². The fraction of sp³-hybridized carbons (Fsp3) is 0.435. The van der Waals surface area contributed by atoms with Gasteiger partial charge < -0.3 is 9.47 Å². The number of ether oxygens (including phenoxy) is 2. The van der Waals surface area contributed by atoms with Crippen LogP contribution in [-0.2, 0) is 0 Å². The van der Waals surface area contributed by atoms with E-state index in [-0.39, 0.29) is 14.1 Å². The first kappa shape index (κ1) is 24.0. The first-order valence-corrected chi connectivity index (χ1v) is 11.7. The third-order valence-corrected chi connectivity index (χ3v) is 6.10. The van der Waals surface area contributed by atoms with Crippen LogP contribution in [0, 0.1) is 11.8 Å². The van der Waals surface area contributed by atoms with Crippen molar-refractivity contribution in [3.63, 3.8) is 0 Å². The van der Waals surface area contributed by atoms with Crippen LogP contribution in [0.3, 0.4) is 0 Å². The van der Waals surface area contributed by atoms with E-state index in [4.69, 9.17) is 32.7 Å². The van der Waals surface area contributed by atoms with Gasteiger partial charge in [0, 0.05) is 11.4 Å². The van der Waals surface area contributed by atoms with Crippen molar-refractivity contribution in [2.24, 2.45) is 11.8 Å². The first-order chi connectivity index (χ1) is 13.8. The molecular formula is C23H29Cl2O3P. The second-order valence-corrected chi connectivity index (χ2v) is 9.83. The van der Waals surface area contributed by atoms with Crippen molar-refractivity contribution in [2.75, 3.05) is 13.2 Å². The number of halogens is 2. The van der Waals surface area contributed by atoms with Crippen LogP contribution in [-0.4, -0.2) is 18.7 Å². The number of hydrogen-bond donors (Lipinski definition) is 0. The standard InChI is InChI=1S/C23H29Cl2O3P/c1-15(2)10-12-27-17-8-9-21(20(14-17)28-13-11-16(3)4)29-23(26)22-18(24)6-5-7-19(22)25/h5-9,14-16,29H,10-13H2,1-4H3. The van der Waals surface area contributed by atoms with Crippen molar-refractivity contribution in [1.82, 2.24) is 0 Å². The molecule has 0 fully saturated rings. The topological polar surface area (TPSA) is 35.5 Å². The van der Waals surface area contributed by atoms with Crippen LogP contribution >= 0.6 is 31.8 Å². The van der Waals surface area contributed by atoms with Gasteiger partial charge in [0.25, 0.3) is 0 Å². The Morgan fingerprint density at radius 3 is 2.10 bits per heavy atom. The average Bonchev–Trinajstić information content (AvgIpc) is 2.63. The SMILES string of the molecule is CC(C)CCOc1ccc(PC(=O)c2c(Cl)cccc2Cl)c(OCCC(C)C)c1. The van der Waals surface area contributed by atoms with Gasteiger partial charge >= 0.3 is 0 Å². The van der Waals surface area contributed by atoms with E-state index in [0.29, 0.717) is 46.4 Å². The Labute approximate surface area is 185 Å². The molecule has 0 aliphatic rings. The van der Waals surface area contributed by atoms with Crippen LogP contribution in [0.5, 0.6) is 11.5 Å². The zero-order valence-corrected chi connectivity index (χ0v) is 19.9. The third kappa shape index (κ3) is 7.81. The van der Waals surface area contributed by atoms with E-state index in [1.807, 2.05) is 18.2 Å². The summed E-state index contributed by atoms with van der Waals surface area (Å²) in [5.74, 6) is 2.55. The van der Waals surface area contributed by atoms with Gasteiger partial charge in [0.2, 0.25) is 0 Å². The minimum absolute atomic E-state index is 0.109. The number of rotatable bonds is 11. The molecule has 0 aromatic heterocycles. The highest BCUT2D eigenvalue weighted by Gasteiger charge is 2.18. The van der Waals surface area contributed by atoms with Gasteiger partial charge in [0.1, 0.15) is 11.5 Å². The molecule has 1 atom stereocenters. The minimum Gasteiger partial charge on any atom is -0.493 e. The van der Waals surface area contributed by atoms with Gasteiger partial charge in [0.05, 0.1) is 28.8 Å². The van der Waals surface area contributed by atoms with Crippen LogP contribution < -0.4 is 14.8 Å². The fourth-order valence-electron chi connectivity index (χ4n) is 2.53. The molecule has 158 valence electrons. The quantitative estimate of drug-likeness (QED) is 0.343. The molecule has 0 heterocycles. The lowest BCUT2D eigenvalue weighted by molar-refractivity contribution is 0.108. The maximum absolute atomic E-state index is 12.9. The number of hydrogen-bond acceptors (Lipinski definition) is 3. The summed E-state index contributed by atoms with van der Waals surface area (Å²) in [6.45, 7) is 9.88. The second-order valence-electron chi connectivity index (χ2n) is 7.77. The molecule has 0 aliphatic heterocycles. The van der Waals surface area contributed by atoms with Gasteiger partial charge in [-0.1, -0.05) is 57.0 Å². The Kier molecular flexibility index (Phi) is 9.75. The van der Waals surface area contributed by atoms with E-state index in [2.05, 4.69) is 27.7 Å². The van der Waals surface area contributed by atoms with Crippen molar-refractivity contribution in [3.8, 4) is 11.5 Å². The maximum Gasteiger partial charge on any atom is 0.188 e. The van der Waals surface area contributed by atoms with Gasteiger partial charge in [-0.2, -0.15) is 0 Å². The fourth-order valence-corrected chi connectivity index (χ4v) is 4.33. The Morgan fingerprint density at radius 2 is 1.52 bits per heavy atom. The largest absolute Gasteiger partial charge is 0.493 e. The lowest BCUT2D eigenvalue weighted by Gasteiger charge is -2.15. The highest BCUT2D eigenvalue weighted by molar-refractivity contribution is 7.66. The van der Waals surface area contributed by atoms with Gasteiger partial charge in [0.15, 0.2) is 5.52 Å². The van der Waals surface area contributed by atoms with Gasteiger partial charge in [-0.05, 0) is 57.5 Å². The van der Waals surface area contributed by atoms with Crippen molar-refractivity contribution in [2.45, 2.75) is 40.5 Å². The normalized spacial score (nSPS) is 11.6. The zero-order chi connectivity index (χ0) is 21.4. The Morgan fingerprint density at radius 1 is 0.931 bits per heavy atom. The van der Waals surface area contributed by atoms with Gasteiger partial charge in [-0.25, -0.2) is 0 Å². The molecule has 2 aromatic rings. The van der Waals surface area contributed by atoms with Crippen LogP contribution in [0.15, 0.2) is 36.4 Å². The number of benzene rings is 2.